The number of sulfonamides is 1. The molecule has 3 N–H and O–H groups in total. The van der Waals surface area contributed by atoms with Gasteiger partial charge in [0.1, 0.15) is 0 Å². The highest BCUT2D eigenvalue weighted by Crippen LogP contribution is 2.41. The molecule has 2 aliphatic rings. The zero-order valence-electron chi connectivity index (χ0n) is 10.1. The third kappa shape index (κ3) is 2.30. The Morgan fingerprint density at radius 2 is 2.26 bits per heavy atom. The normalized spacial score (nSPS) is 22.8. The highest BCUT2D eigenvalue weighted by molar-refractivity contribution is 7.90. The predicted molar refractivity (Wildman–Crippen MR) is 63.5 cm³/mol. The first kappa shape index (κ1) is 12.4. The maximum absolute atomic E-state index is 11.8. The first-order valence-electron chi connectivity index (χ1n) is 5.96. The Kier molecular flexibility index (Phi) is 2.75. The van der Waals surface area contributed by atoms with E-state index in [1.807, 2.05) is 0 Å². The number of nitrogens with one attached hydrogen (secondary N) is 1. The lowest BCUT2D eigenvalue weighted by atomic mass is 10.2. The molecule has 0 radical (unpaired) electrons. The summed E-state index contributed by atoms with van der Waals surface area (Å²) in [6, 6.07) is 0.377. The lowest BCUT2D eigenvalue weighted by Gasteiger charge is -2.24. The van der Waals surface area contributed by atoms with Crippen molar-refractivity contribution in [3.8, 4) is 0 Å². The fourth-order valence-electron chi connectivity index (χ4n) is 2.29. The van der Waals surface area contributed by atoms with Crippen molar-refractivity contribution in [3.05, 3.63) is 11.8 Å². The molecule has 2 amide bonds. The van der Waals surface area contributed by atoms with Crippen molar-refractivity contribution in [3.63, 3.8) is 0 Å². The topological polar surface area (TPSA) is 116 Å². The molecule has 0 saturated heterocycles. The molecule has 8 nitrogen and oxygen atoms in total. The van der Waals surface area contributed by atoms with Crippen LogP contribution in [-0.4, -0.2) is 30.8 Å². The average Bonchev–Trinajstić information content (AvgIpc) is 3.04. The minimum Gasteiger partial charge on any atom is -0.373 e. The van der Waals surface area contributed by atoms with Gasteiger partial charge in [0.2, 0.25) is 0 Å². The predicted octanol–water partition coefficient (Wildman–Crippen LogP) is -0.279. The summed E-state index contributed by atoms with van der Waals surface area (Å²) in [6.45, 7) is 0.865. The minimum atomic E-state index is -3.99. The highest BCUT2D eigenvalue weighted by Gasteiger charge is 2.37. The molecular weight excluding hydrogens is 272 g/mol. The van der Waals surface area contributed by atoms with Gasteiger partial charge in [-0.1, -0.05) is 0 Å². The van der Waals surface area contributed by atoms with Crippen molar-refractivity contribution in [1.82, 2.24) is 14.5 Å². The van der Waals surface area contributed by atoms with Crippen molar-refractivity contribution in [1.29, 1.82) is 0 Å². The summed E-state index contributed by atoms with van der Waals surface area (Å²) in [7, 11) is -3.99. The summed E-state index contributed by atoms with van der Waals surface area (Å²) >= 11 is 0. The molecule has 0 spiro atoms. The van der Waals surface area contributed by atoms with Gasteiger partial charge in [-0.05, 0) is 18.8 Å². The Balaban J connectivity index is 1.95. The first-order chi connectivity index (χ1) is 8.97. The van der Waals surface area contributed by atoms with E-state index in [-0.39, 0.29) is 11.1 Å². The number of nitrogens with zero attached hydrogens (tertiary/aromatic N) is 2. The second kappa shape index (κ2) is 4.20. The van der Waals surface area contributed by atoms with E-state index < -0.39 is 16.1 Å². The molecule has 2 heterocycles. The van der Waals surface area contributed by atoms with E-state index in [2.05, 4.69) is 5.10 Å². The van der Waals surface area contributed by atoms with E-state index in [0.717, 1.165) is 12.8 Å². The molecular formula is C10H14N4O4S. The van der Waals surface area contributed by atoms with Crippen LogP contribution in [-0.2, 0) is 21.4 Å². The number of hydrogen-bond acceptors (Lipinski definition) is 5. The molecule has 1 aromatic rings. The fraction of sp³-hybridized carbons (Fsp3) is 0.600. The fourth-order valence-corrected chi connectivity index (χ4v) is 3.15. The van der Waals surface area contributed by atoms with E-state index in [0.29, 0.717) is 24.8 Å². The van der Waals surface area contributed by atoms with Gasteiger partial charge in [0, 0.05) is 6.07 Å². The van der Waals surface area contributed by atoms with Crippen molar-refractivity contribution in [2.24, 2.45) is 11.7 Å². The maximum Gasteiger partial charge on any atom is 0.326 e. The van der Waals surface area contributed by atoms with Gasteiger partial charge in [0.15, 0.2) is 5.03 Å². The molecule has 1 aliphatic heterocycles. The number of carbonyl (C=O) groups is 1. The Morgan fingerprint density at radius 1 is 1.53 bits per heavy atom. The van der Waals surface area contributed by atoms with Gasteiger partial charge in [-0.15, -0.1) is 0 Å². The van der Waals surface area contributed by atoms with Gasteiger partial charge in [-0.2, -0.15) is 13.5 Å². The third-order valence-electron chi connectivity index (χ3n) is 3.32. The molecule has 1 aromatic heterocycles. The quantitative estimate of drug-likeness (QED) is 0.792. The minimum absolute atomic E-state index is 0.0845. The zero-order valence-corrected chi connectivity index (χ0v) is 10.9. The van der Waals surface area contributed by atoms with Gasteiger partial charge in [-0.3, -0.25) is 4.68 Å². The number of ether oxygens (including phenoxy) is 1. The van der Waals surface area contributed by atoms with Crippen LogP contribution in [0.3, 0.4) is 0 Å². The average molecular weight is 286 g/mol. The van der Waals surface area contributed by atoms with Gasteiger partial charge in [0.05, 0.1) is 24.9 Å². The van der Waals surface area contributed by atoms with Gasteiger partial charge in [0.25, 0.3) is 10.0 Å². The lowest BCUT2D eigenvalue weighted by Crippen LogP contribution is -2.35. The number of aromatic nitrogens is 2. The molecule has 1 atom stereocenters. The number of rotatable bonds is 3. The summed E-state index contributed by atoms with van der Waals surface area (Å²) < 4.78 is 32.5. The lowest BCUT2D eigenvalue weighted by molar-refractivity contribution is 0.0440. The standard InChI is InChI=1S/C10H14N4O4S/c11-10(15)13-19(16,17)9-3-7-4-18-5-8(6-1-2-6)14(7)12-9/h3,6,8H,1-2,4-5H2,(H3,11,13,15). The number of nitrogens with two attached hydrogens (primary N) is 1. The molecule has 1 fully saturated rings. The van der Waals surface area contributed by atoms with Gasteiger partial charge in [-0.25, -0.2) is 9.52 Å². The summed E-state index contributed by atoms with van der Waals surface area (Å²) in [4.78, 5) is 10.7. The van der Waals surface area contributed by atoms with Crippen LogP contribution in [0.4, 0.5) is 4.79 Å². The van der Waals surface area contributed by atoms with Crippen molar-refractivity contribution >= 4 is 16.1 Å². The molecule has 0 aromatic carbocycles. The summed E-state index contributed by atoms with van der Waals surface area (Å²) in [5.74, 6) is 0.499. The molecule has 0 bridgehead atoms. The smallest absolute Gasteiger partial charge is 0.326 e. The van der Waals surface area contributed by atoms with Gasteiger partial charge < -0.3 is 10.5 Å². The maximum atomic E-state index is 11.8. The third-order valence-corrected chi connectivity index (χ3v) is 4.54. The van der Waals surface area contributed by atoms with Crippen molar-refractivity contribution < 1.29 is 17.9 Å². The van der Waals surface area contributed by atoms with Crippen molar-refractivity contribution in [2.75, 3.05) is 6.61 Å². The van der Waals surface area contributed by atoms with Crippen molar-refractivity contribution in [2.45, 2.75) is 30.5 Å². The highest BCUT2D eigenvalue weighted by atomic mass is 32.2. The van der Waals surface area contributed by atoms with Crippen LogP contribution < -0.4 is 10.5 Å². The Labute approximate surface area is 110 Å². The second-order valence-electron chi connectivity index (χ2n) is 4.81. The number of primary amides is 1. The van der Waals surface area contributed by atoms with Gasteiger partial charge >= 0.3 is 6.03 Å². The van der Waals surface area contributed by atoms with E-state index in [1.54, 1.807) is 9.40 Å². The molecule has 9 heteroatoms. The summed E-state index contributed by atoms with van der Waals surface area (Å²) in [5, 5.41) is 3.90. The zero-order chi connectivity index (χ0) is 13.6. The van der Waals surface area contributed by atoms with E-state index in [9.17, 15) is 13.2 Å². The number of carbonyl (C=O) groups excluding carboxylic acids is 1. The summed E-state index contributed by atoms with van der Waals surface area (Å²) in [5.41, 5.74) is 5.54. The first-order valence-corrected chi connectivity index (χ1v) is 7.44. The van der Waals surface area contributed by atoms with Crippen LogP contribution in [0.25, 0.3) is 0 Å². The molecule has 1 aliphatic carbocycles. The second-order valence-corrected chi connectivity index (χ2v) is 6.44. The van der Waals surface area contributed by atoms with E-state index in [1.165, 1.54) is 6.07 Å². The van der Waals surface area contributed by atoms with Crippen LogP contribution in [0.1, 0.15) is 24.6 Å². The number of hydrogen-bond donors (Lipinski definition) is 2. The monoisotopic (exact) mass is 286 g/mol. The van der Waals surface area contributed by atoms with Crippen LogP contribution >= 0.6 is 0 Å². The SMILES string of the molecule is NC(=O)NS(=O)(=O)c1cc2n(n1)C(C1CC1)COC2. The number of fused-ring (bicyclic) bond motifs is 1. The summed E-state index contributed by atoms with van der Waals surface area (Å²) in [6.07, 6.45) is 2.21. The van der Waals surface area contributed by atoms with Crippen LogP contribution in [0.5, 0.6) is 0 Å². The molecule has 1 saturated carbocycles. The van der Waals surface area contributed by atoms with Crippen LogP contribution in [0, 0.1) is 5.92 Å². The van der Waals surface area contributed by atoms with Crippen LogP contribution in [0.2, 0.25) is 0 Å². The molecule has 1 unspecified atom stereocenters. The molecule has 104 valence electrons. The Bertz CT molecular complexity index is 619. The van der Waals surface area contributed by atoms with E-state index in [4.69, 9.17) is 10.5 Å². The van der Waals surface area contributed by atoms with Crippen LogP contribution in [0.15, 0.2) is 11.1 Å². The largest absolute Gasteiger partial charge is 0.373 e. The number of amides is 2. The Morgan fingerprint density at radius 3 is 2.89 bits per heavy atom. The molecule has 3 rings (SSSR count). The number of urea groups is 1. The Hall–Kier alpha value is -1.61. The molecule has 19 heavy (non-hydrogen) atoms. The van der Waals surface area contributed by atoms with E-state index >= 15 is 0 Å².